The first-order valence-electron chi connectivity index (χ1n) is 6.33. The molecule has 7 nitrogen and oxygen atoms in total. The second-order valence-corrected chi connectivity index (χ2v) is 4.17. The van der Waals surface area contributed by atoms with Gasteiger partial charge in [-0.25, -0.2) is 4.98 Å². The predicted octanol–water partition coefficient (Wildman–Crippen LogP) is -0.0703. The van der Waals surface area contributed by atoms with Gasteiger partial charge in [0, 0.05) is 24.7 Å². The third kappa shape index (κ3) is 4.27. The molecule has 0 aliphatic heterocycles. The molecule has 2 aromatic rings. The van der Waals surface area contributed by atoms with Crippen LogP contribution in [0.25, 0.3) is 0 Å². The molecule has 0 unspecified atom stereocenters. The minimum absolute atomic E-state index is 0.0353. The fourth-order valence-corrected chi connectivity index (χ4v) is 1.63. The molecule has 0 fully saturated rings. The summed E-state index contributed by atoms with van der Waals surface area (Å²) in [6.45, 7) is 0.522. The van der Waals surface area contributed by atoms with E-state index in [2.05, 4.69) is 20.6 Å². The van der Waals surface area contributed by atoms with Crippen molar-refractivity contribution >= 4 is 11.8 Å². The van der Waals surface area contributed by atoms with E-state index in [1.165, 1.54) is 0 Å². The molecule has 2 amide bonds. The lowest BCUT2D eigenvalue weighted by Crippen LogP contribution is -2.35. The van der Waals surface area contributed by atoms with E-state index in [1.807, 2.05) is 6.07 Å². The summed E-state index contributed by atoms with van der Waals surface area (Å²) in [6, 6.07) is 9.89. The van der Waals surface area contributed by atoms with Crippen LogP contribution in [0.3, 0.4) is 0 Å². The first-order chi connectivity index (χ1) is 10.2. The van der Waals surface area contributed by atoms with Crippen LogP contribution < -0.4 is 16.2 Å². The lowest BCUT2D eigenvalue weighted by Gasteiger charge is -2.06. The lowest BCUT2D eigenvalue weighted by atomic mass is 10.2. The van der Waals surface area contributed by atoms with Gasteiger partial charge >= 0.3 is 0 Å². The molecule has 0 bridgehead atoms. The minimum atomic E-state index is -0.463. The Morgan fingerprint density at radius 1 is 1.05 bits per heavy atom. The summed E-state index contributed by atoms with van der Waals surface area (Å²) in [4.78, 5) is 40.5. The number of carbonyl (C=O) groups is 2. The van der Waals surface area contributed by atoms with E-state index < -0.39 is 11.5 Å². The van der Waals surface area contributed by atoms with Crippen LogP contribution in [0.2, 0.25) is 0 Å². The van der Waals surface area contributed by atoms with Gasteiger partial charge in [-0.2, -0.15) is 0 Å². The quantitative estimate of drug-likeness (QED) is 0.669. The molecule has 3 N–H and O–H groups in total. The van der Waals surface area contributed by atoms with Crippen LogP contribution in [0.5, 0.6) is 0 Å². The Morgan fingerprint density at radius 2 is 1.71 bits per heavy atom. The number of amides is 2. The molecular weight excluding hydrogens is 272 g/mol. The highest BCUT2D eigenvalue weighted by Gasteiger charge is 2.07. The molecule has 1 heterocycles. The average Bonchev–Trinajstić information content (AvgIpc) is 2.52. The largest absolute Gasteiger partial charge is 0.350 e. The van der Waals surface area contributed by atoms with Gasteiger partial charge in [-0.3, -0.25) is 14.4 Å². The van der Waals surface area contributed by atoms with Crippen LogP contribution in [0.1, 0.15) is 20.8 Å². The molecule has 108 valence electrons. The van der Waals surface area contributed by atoms with Gasteiger partial charge in [-0.05, 0) is 12.1 Å². The van der Waals surface area contributed by atoms with Crippen LogP contribution in [-0.4, -0.2) is 34.9 Å². The first kappa shape index (κ1) is 14.4. The monoisotopic (exact) mass is 286 g/mol. The van der Waals surface area contributed by atoms with Gasteiger partial charge in [0.1, 0.15) is 5.69 Å². The highest BCUT2D eigenvalue weighted by Crippen LogP contribution is 1.97. The number of aromatic nitrogens is 2. The molecule has 0 spiro atoms. The summed E-state index contributed by atoms with van der Waals surface area (Å²) in [5.41, 5.74) is 0.195. The van der Waals surface area contributed by atoms with Crippen molar-refractivity contribution in [1.82, 2.24) is 20.6 Å². The summed E-state index contributed by atoms with van der Waals surface area (Å²) in [7, 11) is 0. The molecule has 0 atom stereocenters. The molecule has 7 heteroatoms. The zero-order chi connectivity index (χ0) is 15.1. The van der Waals surface area contributed by atoms with Gasteiger partial charge < -0.3 is 15.6 Å². The van der Waals surface area contributed by atoms with Gasteiger partial charge in [-0.1, -0.05) is 18.2 Å². The summed E-state index contributed by atoms with van der Waals surface area (Å²) >= 11 is 0. The van der Waals surface area contributed by atoms with Crippen molar-refractivity contribution in [3.63, 3.8) is 0 Å². The fraction of sp³-hybridized carbons (Fsp3) is 0.143. The molecule has 0 aliphatic rings. The van der Waals surface area contributed by atoms with Crippen LogP contribution in [0.15, 0.2) is 47.5 Å². The lowest BCUT2D eigenvalue weighted by molar-refractivity contribution is 0.0925. The van der Waals surface area contributed by atoms with Crippen LogP contribution >= 0.6 is 0 Å². The topological polar surface area (TPSA) is 104 Å². The number of hydrogen-bond donors (Lipinski definition) is 3. The maximum Gasteiger partial charge on any atom is 0.270 e. The van der Waals surface area contributed by atoms with Crippen LogP contribution in [-0.2, 0) is 0 Å². The van der Waals surface area contributed by atoms with E-state index in [0.717, 1.165) is 12.4 Å². The Bertz CT molecular complexity index is 682. The second-order valence-electron chi connectivity index (χ2n) is 4.17. The Morgan fingerprint density at radius 3 is 2.38 bits per heavy atom. The number of rotatable bonds is 5. The summed E-state index contributed by atoms with van der Waals surface area (Å²) in [6.07, 6.45) is 1.16. The maximum atomic E-state index is 11.7. The van der Waals surface area contributed by atoms with E-state index in [-0.39, 0.29) is 24.7 Å². The van der Waals surface area contributed by atoms with E-state index in [0.29, 0.717) is 5.56 Å². The Labute approximate surface area is 120 Å². The highest BCUT2D eigenvalue weighted by molar-refractivity contribution is 5.94. The van der Waals surface area contributed by atoms with E-state index >= 15 is 0 Å². The van der Waals surface area contributed by atoms with Gasteiger partial charge in [0.2, 0.25) is 0 Å². The van der Waals surface area contributed by atoms with Crippen LogP contribution in [0, 0.1) is 0 Å². The Balaban J connectivity index is 1.76. The number of carbonyl (C=O) groups excluding carboxylic acids is 2. The number of hydrogen-bond acceptors (Lipinski definition) is 4. The summed E-state index contributed by atoms with van der Waals surface area (Å²) < 4.78 is 0. The van der Waals surface area contributed by atoms with Gasteiger partial charge in [0.15, 0.2) is 0 Å². The fourth-order valence-electron chi connectivity index (χ4n) is 1.63. The first-order valence-corrected chi connectivity index (χ1v) is 6.33. The smallest absolute Gasteiger partial charge is 0.270 e. The van der Waals surface area contributed by atoms with Crippen molar-refractivity contribution < 1.29 is 9.59 Å². The van der Waals surface area contributed by atoms with E-state index in [1.54, 1.807) is 24.3 Å². The van der Waals surface area contributed by atoms with Gasteiger partial charge in [-0.15, -0.1) is 0 Å². The number of benzene rings is 1. The van der Waals surface area contributed by atoms with Crippen molar-refractivity contribution in [2.45, 2.75) is 0 Å². The van der Waals surface area contributed by atoms with E-state index in [4.69, 9.17) is 0 Å². The van der Waals surface area contributed by atoms with Crippen molar-refractivity contribution in [2.24, 2.45) is 0 Å². The maximum absolute atomic E-state index is 11.7. The number of nitrogens with one attached hydrogen (secondary N) is 3. The van der Waals surface area contributed by atoms with Crippen molar-refractivity contribution in [1.29, 1.82) is 0 Å². The Hall–Kier alpha value is -2.96. The highest BCUT2D eigenvalue weighted by atomic mass is 16.2. The molecule has 1 aromatic carbocycles. The molecule has 0 radical (unpaired) electrons. The normalized spacial score (nSPS) is 9.90. The van der Waals surface area contributed by atoms with Crippen molar-refractivity contribution in [2.75, 3.05) is 13.1 Å². The molecular formula is C14H14N4O3. The van der Waals surface area contributed by atoms with Gasteiger partial charge in [0.05, 0.1) is 6.33 Å². The predicted molar refractivity (Wildman–Crippen MR) is 76.0 cm³/mol. The second kappa shape index (κ2) is 6.99. The summed E-state index contributed by atoms with van der Waals surface area (Å²) in [5.74, 6) is -0.672. The third-order valence-electron chi connectivity index (χ3n) is 2.64. The molecule has 0 saturated heterocycles. The minimum Gasteiger partial charge on any atom is -0.350 e. The van der Waals surface area contributed by atoms with E-state index in [9.17, 15) is 14.4 Å². The number of nitrogens with zero attached hydrogens (tertiary/aromatic N) is 1. The number of aromatic amines is 1. The van der Waals surface area contributed by atoms with Gasteiger partial charge in [0.25, 0.3) is 17.4 Å². The standard InChI is InChI=1S/C14H14N4O3/c19-12-8-11(17-9-18-12)14(21)16-7-6-15-13(20)10-4-2-1-3-5-10/h1-5,8-9H,6-7H2,(H,15,20)(H,16,21)(H,17,18,19). The zero-order valence-corrected chi connectivity index (χ0v) is 11.1. The van der Waals surface area contributed by atoms with Crippen molar-refractivity contribution in [3.05, 3.63) is 64.3 Å². The third-order valence-corrected chi connectivity index (χ3v) is 2.64. The SMILES string of the molecule is O=C(NCCNC(=O)c1cc(=O)[nH]cn1)c1ccccc1. The molecule has 0 saturated carbocycles. The van der Waals surface area contributed by atoms with Crippen molar-refractivity contribution in [3.8, 4) is 0 Å². The van der Waals surface area contributed by atoms with Crippen LogP contribution in [0.4, 0.5) is 0 Å². The Kier molecular flexibility index (Phi) is 4.81. The average molecular weight is 286 g/mol. The molecule has 21 heavy (non-hydrogen) atoms. The molecule has 1 aromatic heterocycles. The molecule has 0 aliphatic carbocycles. The number of H-pyrrole nitrogens is 1. The zero-order valence-electron chi connectivity index (χ0n) is 11.1. The molecule has 2 rings (SSSR count). The summed E-state index contributed by atoms with van der Waals surface area (Å²) in [5, 5.41) is 5.24.